The lowest BCUT2D eigenvalue weighted by Crippen LogP contribution is -2.30. The second kappa shape index (κ2) is 5.68. The Morgan fingerprint density at radius 3 is 2.82 bits per heavy atom. The van der Waals surface area contributed by atoms with Crippen LogP contribution in [0.4, 0.5) is 5.13 Å². The summed E-state index contributed by atoms with van der Waals surface area (Å²) < 4.78 is 3.02. The average molecular weight is 315 g/mol. The van der Waals surface area contributed by atoms with E-state index < -0.39 is 0 Å². The number of hydrogen-bond acceptors (Lipinski definition) is 5. The van der Waals surface area contributed by atoms with E-state index >= 15 is 0 Å². The molecule has 5 nitrogen and oxygen atoms in total. The highest BCUT2D eigenvalue weighted by molar-refractivity contribution is 7.22. The van der Waals surface area contributed by atoms with Crippen LogP contribution in [0.15, 0.2) is 18.3 Å². The quantitative estimate of drug-likeness (QED) is 0.742. The monoisotopic (exact) mass is 315 g/mol. The second-order valence-corrected chi connectivity index (χ2v) is 6.82. The van der Waals surface area contributed by atoms with Crippen LogP contribution in [0.2, 0.25) is 0 Å². The summed E-state index contributed by atoms with van der Waals surface area (Å²) in [6, 6.07) is 4.51. The molecule has 0 fully saturated rings. The molecule has 3 heterocycles. The molecule has 3 aromatic rings. The van der Waals surface area contributed by atoms with E-state index in [-0.39, 0.29) is 0 Å². The minimum atomic E-state index is 0.336. The molecule has 0 saturated carbocycles. The molecule has 1 atom stereocenters. The minimum absolute atomic E-state index is 0.336. The summed E-state index contributed by atoms with van der Waals surface area (Å²) in [5.41, 5.74) is 4.38. The van der Waals surface area contributed by atoms with Crippen molar-refractivity contribution < 1.29 is 0 Å². The predicted molar refractivity (Wildman–Crippen MR) is 91.7 cm³/mol. The van der Waals surface area contributed by atoms with Crippen molar-refractivity contribution in [2.75, 3.05) is 11.9 Å². The Morgan fingerprint density at radius 2 is 2.14 bits per heavy atom. The van der Waals surface area contributed by atoms with Gasteiger partial charge in [-0.25, -0.2) is 9.67 Å². The number of likely N-dealkylation sites (N-methyl/N-ethyl adjacent to an activating group) is 1. The minimum Gasteiger partial charge on any atom is -0.348 e. The molecule has 3 rings (SSSR count). The van der Waals surface area contributed by atoms with Crippen molar-refractivity contribution in [3.8, 4) is 0 Å². The van der Waals surface area contributed by atoms with Crippen molar-refractivity contribution in [1.29, 1.82) is 0 Å². The molecule has 0 amide bonds. The van der Waals surface area contributed by atoms with E-state index in [4.69, 9.17) is 4.98 Å². The van der Waals surface area contributed by atoms with E-state index in [0.29, 0.717) is 6.04 Å². The average Bonchev–Trinajstić information content (AvgIpc) is 3.00. The SMILES string of the molecule is Cc1ccnc(C[C@H](C)N(C)c2nc3c(s2)c(C)nn3C)c1. The molecule has 0 spiro atoms. The van der Waals surface area contributed by atoms with E-state index in [1.54, 1.807) is 11.3 Å². The largest absolute Gasteiger partial charge is 0.348 e. The fourth-order valence-corrected chi connectivity index (χ4v) is 3.66. The van der Waals surface area contributed by atoms with Crippen LogP contribution in [-0.2, 0) is 13.5 Å². The summed E-state index contributed by atoms with van der Waals surface area (Å²) >= 11 is 1.71. The summed E-state index contributed by atoms with van der Waals surface area (Å²) in [6.45, 7) is 6.34. The number of anilines is 1. The number of hydrogen-bond donors (Lipinski definition) is 0. The van der Waals surface area contributed by atoms with Gasteiger partial charge in [0, 0.05) is 38.4 Å². The summed E-state index contributed by atoms with van der Waals surface area (Å²) in [4.78, 5) is 11.4. The van der Waals surface area contributed by atoms with Crippen molar-refractivity contribution in [3.63, 3.8) is 0 Å². The predicted octanol–water partition coefficient (Wildman–Crippen LogP) is 3.11. The van der Waals surface area contributed by atoms with Crippen molar-refractivity contribution in [2.45, 2.75) is 33.2 Å². The fourth-order valence-electron chi connectivity index (χ4n) is 2.56. The van der Waals surface area contributed by atoms with Gasteiger partial charge in [0.05, 0.1) is 10.4 Å². The third-order valence-corrected chi connectivity index (χ3v) is 5.22. The first-order chi connectivity index (χ1) is 10.5. The highest BCUT2D eigenvalue weighted by Gasteiger charge is 2.18. The molecule has 6 heteroatoms. The number of pyridine rings is 1. The number of rotatable bonds is 4. The zero-order chi connectivity index (χ0) is 15.9. The van der Waals surface area contributed by atoms with Gasteiger partial charge in [0.15, 0.2) is 10.8 Å². The van der Waals surface area contributed by atoms with Crippen LogP contribution in [0.5, 0.6) is 0 Å². The zero-order valence-electron chi connectivity index (χ0n) is 13.7. The molecule has 0 unspecified atom stereocenters. The lowest BCUT2D eigenvalue weighted by molar-refractivity contribution is 0.668. The Balaban J connectivity index is 1.82. The molecule has 0 saturated heterocycles. The van der Waals surface area contributed by atoms with Crippen LogP contribution >= 0.6 is 11.3 Å². The van der Waals surface area contributed by atoms with Gasteiger partial charge in [-0.2, -0.15) is 5.10 Å². The smallest absolute Gasteiger partial charge is 0.188 e. The van der Waals surface area contributed by atoms with Gasteiger partial charge in [0.25, 0.3) is 0 Å². The highest BCUT2D eigenvalue weighted by Crippen LogP contribution is 2.31. The van der Waals surface area contributed by atoms with E-state index in [0.717, 1.165) is 28.6 Å². The van der Waals surface area contributed by atoms with Gasteiger partial charge in [-0.15, -0.1) is 0 Å². The Hall–Kier alpha value is -1.95. The standard InChI is InChI=1S/C16H21N5S/c1-10-6-7-17-13(8-10)9-11(2)20(4)16-18-15-14(22-16)12(3)19-21(15)5/h6-8,11H,9H2,1-5H3/t11-/m0/s1. The van der Waals surface area contributed by atoms with Gasteiger partial charge < -0.3 is 4.90 Å². The molecule has 0 aromatic carbocycles. The maximum absolute atomic E-state index is 4.74. The molecule has 0 aliphatic rings. The maximum Gasteiger partial charge on any atom is 0.188 e. The number of nitrogens with zero attached hydrogens (tertiary/aromatic N) is 5. The van der Waals surface area contributed by atoms with E-state index in [1.165, 1.54) is 10.3 Å². The Labute approximate surface area is 134 Å². The highest BCUT2D eigenvalue weighted by atomic mass is 32.1. The molecular weight excluding hydrogens is 294 g/mol. The number of aryl methyl sites for hydroxylation is 3. The van der Waals surface area contributed by atoms with Crippen LogP contribution in [0, 0.1) is 13.8 Å². The Bertz CT molecular complexity index is 770. The van der Waals surface area contributed by atoms with Gasteiger partial charge in [0.2, 0.25) is 0 Å². The summed E-state index contributed by atoms with van der Waals surface area (Å²) in [7, 11) is 4.04. The zero-order valence-corrected chi connectivity index (χ0v) is 14.5. The van der Waals surface area contributed by atoms with Gasteiger partial charge in [0.1, 0.15) is 0 Å². The van der Waals surface area contributed by atoms with E-state index in [2.05, 4.69) is 41.9 Å². The molecule has 22 heavy (non-hydrogen) atoms. The maximum atomic E-state index is 4.74. The molecule has 116 valence electrons. The van der Waals surface area contributed by atoms with Crippen LogP contribution in [0.1, 0.15) is 23.9 Å². The third kappa shape index (κ3) is 2.70. The van der Waals surface area contributed by atoms with Crippen molar-refractivity contribution in [2.24, 2.45) is 7.05 Å². The van der Waals surface area contributed by atoms with Gasteiger partial charge in [-0.05, 0) is 38.5 Å². The first-order valence-electron chi connectivity index (χ1n) is 7.40. The van der Waals surface area contributed by atoms with Crippen LogP contribution in [-0.4, -0.2) is 32.8 Å². The molecule has 0 aliphatic heterocycles. The van der Waals surface area contributed by atoms with Gasteiger partial charge >= 0.3 is 0 Å². The first kappa shape index (κ1) is 15.0. The Kier molecular flexibility index (Phi) is 3.87. The topological polar surface area (TPSA) is 46.8 Å². The Morgan fingerprint density at radius 1 is 1.36 bits per heavy atom. The first-order valence-corrected chi connectivity index (χ1v) is 8.22. The molecule has 0 radical (unpaired) electrons. The number of fused-ring (bicyclic) bond motifs is 1. The summed E-state index contributed by atoms with van der Waals surface area (Å²) in [5, 5.41) is 5.44. The third-order valence-electron chi connectivity index (χ3n) is 3.97. The van der Waals surface area contributed by atoms with Gasteiger partial charge in [-0.3, -0.25) is 4.98 Å². The molecule has 3 aromatic heterocycles. The van der Waals surface area contributed by atoms with E-state index in [9.17, 15) is 0 Å². The number of thiazole rings is 1. The molecule has 0 N–H and O–H groups in total. The summed E-state index contributed by atoms with van der Waals surface area (Å²) in [6.07, 6.45) is 2.79. The lowest BCUT2D eigenvalue weighted by Gasteiger charge is -2.24. The second-order valence-electron chi connectivity index (χ2n) is 5.85. The van der Waals surface area contributed by atoms with Crippen LogP contribution < -0.4 is 4.90 Å². The van der Waals surface area contributed by atoms with Crippen molar-refractivity contribution >= 4 is 26.8 Å². The molecule has 0 aliphatic carbocycles. The van der Waals surface area contributed by atoms with Crippen LogP contribution in [0.25, 0.3) is 10.3 Å². The molecular formula is C16H21N5S. The van der Waals surface area contributed by atoms with Gasteiger partial charge in [-0.1, -0.05) is 11.3 Å². The normalized spacial score (nSPS) is 12.8. The van der Waals surface area contributed by atoms with E-state index in [1.807, 2.05) is 30.9 Å². The number of aromatic nitrogens is 4. The van der Waals surface area contributed by atoms with Crippen molar-refractivity contribution in [1.82, 2.24) is 19.7 Å². The lowest BCUT2D eigenvalue weighted by atomic mass is 10.1. The van der Waals surface area contributed by atoms with Crippen molar-refractivity contribution in [3.05, 3.63) is 35.3 Å². The summed E-state index contributed by atoms with van der Waals surface area (Å²) in [5.74, 6) is 0. The fraction of sp³-hybridized carbons (Fsp3) is 0.438. The molecule has 0 bridgehead atoms. The van der Waals surface area contributed by atoms with Crippen LogP contribution in [0.3, 0.4) is 0 Å².